The number of likely N-dealkylation sites (tertiary alicyclic amines) is 1. The molecule has 4 aromatic rings. The van der Waals surface area contributed by atoms with Crippen LogP contribution in [0.2, 0.25) is 0 Å². The van der Waals surface area contributed by atoms with Gasteiger partial charge in [0.2, 0.25) is 5.82 Å². The highest BCUT2D eigenvalue weighted by molar-refractivity contribution is 6.30. The van der Waals surface area contributed by atoms with Crippen molar-refractivity contribution in [2.24, 2.45) is 0 Å². The minimum atomic E-state index is -2.67. The Bertz CT molecular complexity index is 1360. The highest BCUT2D eigenvalue weighted by atomic mass is 19.3. The number of alkyl halides is 2. The summed E-state index contributed by atoms with van der Waals surface area (Å²) in [6, 6.07) is 8.18. The zero-order valence-corrected chi connectivity index (χ0v) is 18.6. The fourth-order valence-corrected chi connectivity index (χ4v) is 4.10. The third kappa shape index (κ3) is 4.98. The maximum Gasteiger partial charge on any atom is 0.250 e. The van der Waals surface area contributed by atoms with Crippen molar-refractivity contribution >= 4 is 30.5 Å². The molecule has 8 nitrogen and oxygen atoms in total. The Balaban J connectivity index is 1.54. The predicted octanol–water partition coefficient (Wildman–Crippen LogP) is 2.63. The number of aliphatic hydroxyl groups excluding tert-OH is 1. The van der Waals surface area contributed by atoms with E-state index in [1.165, 1.54) is 16.8 Å². The van der Waals surface area contributed by atoms with E-state index < -0.39 is 17.8 Å². The minimum Gasteiger partial charge on any atom is -0.387 e. The number of nitrogens with one attached hydrogen (secondary N) is 1. The van der Waals surface area contributed by atoms with Crippen LogP contribution in [0.25, 0.3) is 17.0 Å². The molecule has 1 saturated heterocycles. The number of rotatable bonds is 6. The molecule has 2 radical (unpaired) electrons. The van der Waals surface area contributed by atoms with E-state index in [0.717, 1.165) is 6.20 Å². The zero-order chi connectivity index (χ0) is 24.6. The van der Waals surface area contributed by atoms with E-state index in [1.54, 1.807) is 35.4 Å². The van der Waals surface area contributed by atoms with Gasteiger partial charge in [0.25, 0.3) is 5.92 Å². The maximum absolute atomic E-state index is 14.4. The minimum absolute atomic E-state index is 0.131. The average molecular weight is 479 g/mol. The quantitative estimate of drug-likeness (QED) is 0.411. The van der Waals surface area contributed by atoms with Crippen LogP contribution in [0.5, 0.6) is 0 Å². The van der Waals surface area contributed by atoms with Gasteiger partial charge in [-0.2, -0.15) is 0 Å². The Labute approximate surface area is 200 Å². The van der Waals surface area contributed by atoms with Crippen molar-refractivity contribution in [1.82, 2.24) is 29.5 Å². The summed E-state index contributed by atoms with van der Waals surface area (Å²) >= 11 is 0. The van der Waals surface area contributed by atoms with Gasteiger partial charge in [-0.3, -0.25) is 14.9 Å². The number of nitrogens with zero attached hydrogens (tertiary/aromatic N) is 6. The van der Waals surface area contributed by atoms with Crippen LogP contribution in [-0.4, -0.2) is 68.0 Å². The highest BCUT2D eigenvalue weighted by Crippen LogP contribution is 2.32. The van der Waals surface area contributed by atoms with E-state index in [-0.39, 0.29) is 55.4 Å². The summed E-state index contributed by atoms with van der Waals surface area (Å²) in [7, 11) is 5.81. The maximum atomic E-state index is 14.4. The fraction of sp³-hybridized carbons (Fsp3) is 0.304. The lowest BCUT2D eigenvalue weighted by atomic mass is 10.0. The Kier molecular flexibility index (Phi) is 6.16. The van der Waals surface area contributed by atoms with E-state index in [4.69, 9.17) is 7.85 Å². The van der Waals surface area contributed by atoms with Crippen molar-refractivity contribution in [3.05, 3.63) is 60.3 Å². The lowest BCUT2D eigenvalue weighted by Crippen LogP contribution is -2.41. The molecular weight excluding hydrogens is 458 g/mol. The molecule has 1 unspecified atom stereocenters. The topological polar surface area (TPSA) is 91.5 Å². The van der Waals surface area contributed by atoms with Crippen molar-refractivity contribution in [1.29, 1.82) is 0 Å². The molecule has 0 aromatic carbocycles. The van der Waals surface area contributed by atoms with Crippen LogP contribution in [0, 0.1) is 5.82 Å². The zero-order valence-electron chi connectivity index (χ0n) is 18.6. The Hall–Kier alpha value is -3.51. The van der Waals surface area contributed by atoms with Crippen LogP contribution < -0.4 is 10.9 Å². The summed E-state index contributed by atoms with van der Waals surface area (Å²) < 4.78 is 43.0. The molecule has 4 aromatic heterocycles. The van der Waals surface area contributed by atoms with Crippen LogP contribution >= 0.6 is 0 Å². The standard InChI is InChI=1S/C23H21BF3N7O/c24-19-3-1-2-17(29-19)21-31-22(30-16-4-8-28-12-15(16)25)20-14(5-9-34(20)32-21)18(35)13-33-10-6-23(26,27)7-11-33/h1-5,8-9,12,18,35H,6-7,10-11,13H2,(H,28,30,31,32). The second-order valence-corrected chi connectivity index (χ2v) is 8.45. The Morgan fingerprint density at radius 1 is 1.14 bits per heavy atom. The molecule has 1 aliphatic heterocycles. The normalized spacial score (nSPS) is 16.9. The average Bonchev–Trinajstić information content (AvgIpc) is 3.26. The Morgan fingerprint density at radius 2 is 1.94 bits per heavy atom. The fourth-order valence-electron chi connectivity index (χ4n) is 4.10. The van der Waals surface area contributed by atoms with Crippen LogP contribution in [0.4, 0.5) is 24.7 Å². The number of piperidine rings is 1. The van der Waals surface area contributed by atoms with Crippen LogP contribution in [0.15, 0.2) is 48.9 Å². The second kappa shape index (κ2) is 9.27. The number of halogens is 3. The molecule has 0 amide bonds. The molecule has 5 heterocycles. The van der Waals surface area contributed by atoms with Gasteiger partial charge in [0, 0.05) is 50.4 Å². The molecule has 0 saturated carbocycles. The van der Waals surface area contributed by atoms with E-state index in [9.17, 15) is 18.3 Å². The van der Waals surface area contributed by atoms with E-state index >= 15 is 0 Å². The number of hydrogen-bond donors (Lipinski definition) is 2. The first-order chi connectivity index (χ1) is 16.8. The lowest BCUT2D eigenvalue weighted by Gasteiger charge is -2.32. The van der Waals surface area contributed by atoms with Crippen molar-refractivity contribution in [3.8, 4) is 11.5 Å². The first kappa shape index (κ1) is 23.2. The van der Waals surface area contributed by atoms with Crippen molar-refractivity contribution in [2.45, 2.75) is 24.9 Å². The molecule has 0 aliphatic carbocycles. The van der Waals surface area contributed by atoms with Crippen LogP contribution in [-0.2, 0) is 0 Å². The second-order valence-electron chi connectivity index (χ2n) is 8.45. The third-order valence-corrected chi connectivity index (χ3v) is 5.95. The van der Waals surface area contributed by atoms with E-state index in [1.807, 2.05) is 0 Å². The summed E-state index contributed by atoms with van der Waals surface area (Å²) in [5, 5.41) is 18.5. The smallest absolute Gasteiger partial charge is 0.250 e. The molecule has 178 valence electrons. The molecule has 0 bridgehead atoms. The molecule has 35 heavy (non-hydrogen) atoms. The SMILES string of the molecule is [B]c1cccc(-c2nc(Nc3ccncc3F)c3c(C(O)CN4CCC(F)(F)CC4)ccn3n2)n1. The number of fused-ring (bicyclic) bond motifs is 1. The summed E-state index contributed by atoms with van der Waals surface area (Å²) in [6.07, 6.45) is 2.65. The van der Waals surface area contributed by atoms with Gasteiger partial charge in [0.05, 0.1) is 18.0 Å². The van der Waals surface area contributed by atoms with Gasteiger partial charge in [-0.15, -0.1) is 5.10 Å². The van der Waals surface area contributed by atoms with Crippen molar-refractivity contribution in [3.63, 3.8) is 0 Å². The molecule has 1 atom stereocenters. The van der Waals surface area contributed by atoms with Crippen LogP contribution in [0.1, 0.15) is 24.5 Å². The molecule has 5 rings (SSSR count). The summed E-state index contributed by atoms with van der Waals surface area (Å²) in [5.74, 6) is -2.80. The monoisotopic (exact) mass is 479 g/mol. The van der Waals surface area contributed by atoms with Gasteiger partial charge in [0.15, 0.2) is 11.6 Å². The van der Waals surface area contributed by atoms with Crippen LogP contribution in [0.3, 0.4) is 0 Å². The van der Waals surface area contributed by atoms with Gasteiger partial charge in [-0.25, -0.2) is 22.7 Å². The molecule has 1 aliphatic rings. The molecule has 2 N–H and O–H groups in total. The van der Waals surface area contributed by atoms with Gasteiger partial charge in [-0.1, -0.05) is 12.1 Å². The van der Waals surface area contributed by atoms with Crippen molar-refractivity contribution < 1.29 is 18.3 Å². The number of aromatic nitrogens is 5. The lowest BCUT2D eigenvalue weighted by molar-refractivity contribution is -0.0611. The van der Waals surface area contributed by atoms with E-state index in [2.05, 4.69) is 25.4 Å². The largest absolute Gasteiger partial charge is 0.387 e. The molecular formula is C23H21BF3N7O. The van der Waals surface area contributed by atoms with Gasteiger partial charge in [0.1, 0.15) is 19.1 Å². The van der Waals surface area contributed by atoms with Crippen molar-refractivity contribution in [2.75, 3.05) is 25.0 Å². The first-order valence-electron chi connectivity index (χ1n) is 11.1. The number of hydrogen-bond acceptors (Lipinski definition) is 7. The number of anilines is 2. The molecule has 12 heteroatoms. The first-order valence-corrected chi connectivity index (χ1v) is 11.1. The Morgan fingerprint density at radius 3 is 2.69 bits per heavy atom. The van der Waals surface area contributed by atoms with E-state index in [0.29, 0.717) is 16.8 Å². The molecule has 1 fully saturated rings. The van der Waals surface area contributed by atoms with Gasteiger partial charge >= 0.3 is 0 Å². The highest BCUT2D eigenvalue weighted by Gasteiger charge is 2.34. The molecule has 0 spiro atoms. The number of β-amino-alcohol motifs (C(OH)–C–C–N with tert-alkyl or cyclic N) is 1. The summed E-state index contributed by atoms with van der Waals surface area (Å²) in [6.45, 7) is 0.535. The number of aliphatic hydroxyl groups is 1. The summed E-state index contributed by atoms with van der Waals surface area (Å²) in [4.78, 5) is 14.4. The van der Waals surface area contributed by atoms with Gasteiger partial charge in [-0.05, 0) is 23.8 Å². The predicted molar refractivity (Wildman–Crippen MR) is 125 cm³/mol. The third-order valence-electron chi connectivity index (χ3n) is 5.95. The number of pyridine rings is 2. The summed E-state index contributed by atoms with van der Waals surface area (Å²) in [5.41, 5.74) is 1.73. The van der Waals surface area contributed by atoms with Gasteiger partial charge < -0.3 is 10.4 Å².